The number of aromatic nitrogens is 2. The van der Waals surface area contributed by atoms with E-state index in [1.165, 1.54) is 0 Å². The number of carbonyl (C=O) groups is 1. The molecule has 0 saturated heterocycles. The predicted octanol–water partition coefficient (Wildman–Crippen LogP) is 1.77. The molecule has 1 unspecified atom stereocenters. The van der Waals surface area contributed by atoms with E-state index >= 15 is 0 Å². The van der Waals surface area contributed by atoms with Gasteiger partial charge in [-0.1, -0.05) is 30.3 Å². The number of para-hydroxylation sites is 2. The molecule has 3 aromatic rings. The van der Waals surface area contributed by atoms with Crippen molar-refractivity contribution < 1.29 is 4.79 Å². The summed E-state index contributed by atoms with van der Waals surface area (Å²) in [5.74, 6) is -0.138. The third-order valence-corrected chi connectivity index (χ3v) is 4.83. The quantitative estimate of drug-likeness (QED) is 0.761. The number of imidazole rings is 1. The minimum absolute atomic E-state index is 0. The predicted molar refractivity (Wildman–Crippen MR) is 105 cm³/mol. The summed E-state index contributed by atoms with van der Waals surface area (Å²) in [6.45, 7) is 0.495. The van der Waals surface area contributed by atoms with Crippen molar-refractivity contribution in [1.82, 2.24) is 9.13 Å². The Hall–Kier alpha value is -2.57. The number of benzene rings is 2. The summed E-state index contributed by atoms with van der Waals surface area (Å²) in [6, 6.07) is 15.1. The zero-order valence-electron chi connectivity index (χ0n) is 14.5. The van der Waals surface area contributed by atoms with E-state index in [4.69, 9.17) is 5.73 Å². The van der Waals surface area contributed by atoms with Gasteiger partial charge in [-0.15, -0.1) is 12.4 Å². The molecule has 4 rings (SSSR count). The Morgan fingerprint density at radius 3 is 2.65 bits per heavy atom. The van der Waals surface area contributed by atoms with Gasteiger partial charge in [0.25, 0.3) is 0 Å². The number of hydrogen-bond acceptors (Lipinski definition) is 3. The van der Waals surface area contributed by atoms with Gasteiger partial charge < -0.3 is 10.6 Å². The normalized spacial score (nSPS) is 15.5. The van der Waals surface area contributed by atoms with Crippen LogP contribution in [0.5, 0.6) is 0 Å². The van der Waals surface area contributed by atoms with Crippen LogP contribution in [0.25, 0.3) is 11.0 Å². The summed E-state index contributed by atoms with van der Waals surface area (Å²) < 4.78 is 3.26. The van der Waals surface area contributed by atoms with Crippen LogP contribution in [-0.4, -0.2) is 28.1 Å². The number of nitrogens with zero attached hydrogens (tertiary/aromatic N) is 3. The fourth-order valence-electron chi connectivity index (χ4n) is 3.56. The molecule has 6 nitrogen and oxygen atoms in total. The Bertz CT molecular complexity index is 1010. The molecule has 1 amide bonds. The molecule has 1 atom stereocenters. The summed E-state index contributed by atoms with van der Waals surface area (Å²) in [4.78, 5) is 27.1. The fourth-order valence-corrected chi connectivity index (χ4v) is 3.56. The molecule has 0 saturated carbocycles. The minimum atomic E-state index is -0.174. The number of amides is 1. The molecule has 0 fully saturated rings. The van der Waals surface area contributed by atoms with Gasteiger partial charge in [-0.2, -0.15) is 0 Å². The van der Waals surface area contributed by atoms with Crippen LogP contribution in [0.2, 0.25) is 0 Å². The van der Waals surface area contributed by atoms with E-state index in [1.807, 2.05) is 48.5 Å². The van der Waals surface area contributed by atoms with Gasteiger partial charge in [0.15, 0.2) is 0 Å². The first-order chi connectivity index (χ1) is 12.1. The SMILES string of the molecule is CN(C(=O)Cn1c(=O)n2c3c(cccc31)CC(N)C2)c1ccccc1.Cl. The molecule has 7 heteroatoms. The number of halogens is 1. The highest BCUT2D eigenvalue weighted by Crippen LogP contribution is 2.24. The summed E-state index contributed by atoms with van der Waals surface area (Å²) in [7, 11) is 1.72. The summed E-state index contributed by atoms with van der Waals surface area (Å²) >= 11 is 0. The largest absolute Gasteiger partial charge is 0.329 e. The number of hydrogen-bond donors (Lipinski definition) is 1. The molecule has 1 aromatic heterocycles. The van der Waals surface area contributed by atoms with Gasteiger partial charge in [-0.25, -0.2) is 4.79 Å². The van der Waals surface area contributed by atoms with Crippen molar-refractivity contribution >= 4 is 35.0 Å². The number of carbonyl (C=O) groups excluding carboxylic acids is 1. The molecular weight excluding hydrogens is 352 g/mol. The van der Waals surface area contributed by atoms with Crippen molar-refractivity contribution in [2.24, 2.45) is 5.73 Å². The maximum atomic E-state index is 12.8. The number of likely N-dealkylation sites (N-methyl/N-ethyl adjacent to an activating group) is 1. The third-order valence-electron chi connectivity index (χ3n) is 4.83. The van der Waals surface area contributed by atoms with E-state index in [2.05, 4.69) is 0 Å². The Morgan fingerprint density at radius 2 is 1.92 bits per heavy atom. The topological polar surface area (TPSA) is 73.3 Å². The maximum absolute atomic E-state index is 12.8. The smallest absolute Gasteiger partial charge is 0.326 e. The first-order valence-electron chi connectivity index (χ1n) is 8.34. The van der Waals surface area contributed by atoms with E-state index in [9.17, 15) is 9.59 Å². The van der Waals surface area contributed by atoms with Crippen LogP contribution >= 0.6 is 12.4 Å². The molecule has 2 aromatic carbocycles. The molecule has 136 valence electrons. The molecule has 0 aliphatic carbocycles. The van der Waals surface area contributed by atoms with Crippen LogP contribution < -0.4 is 16.3 Å². The summed E-state index contributed by atoms with van der Waals surface area (Å²) in [5.41, 5.74) is 9.48. The zero-order chi connectivity index (χ0) is 17.6. The first kappa shape index (κ1) is 18.2. The lowest BCUT2D eigenvalue weighted by Crippen LogP contribution is -2.38. The fraction of sp³-hybridized carbons (Fsp3) is 0.263. The van der Waals surface area contributed by atoms with Gasteiger partial charge in [0.2, 0.25) is 5.91 Å². The van der Waals surface area contributed by atoms with E-state index in [0.717, 1.165) is 28.7 Å². The molecule has 1 aliphatic rings. The van der Waals surface area contributed by atoms with Crippen LogP contribution in [0, 0.1) is 0 Å². The van der Waals surface area contributed by atoms with Crippen molar-refractivity contribution in [2.75, 3.05) is 11.9 Å². The number of anilines is 1. The Balaban J connectivity index is 0.00000196. The third kappa shape index (κ3) is 2.91. The zero-order valence-corrected chi connectivity index (χ0v) is 15.3. The van der Waals surface area contributed by atoms with Gasteiger partial charge in [0.05, 0.1) is 11.0 Å². The monoisotopic (exact) mass is 372 g/mol. The molecule has 2 heterocycles. The number of nitrogens with two attached hydrogens (primary N) is 1. The lowest BCUT2D eigenvalue weighted by Gasteiger charge is -2.19. The van der Waals surface area contributed by atoms with Crippen molar-refractivity contribution in [3.63, 3.8) is 0 Å². The molecule has 2 N–H and O–H groups in total. The standard InChI is InChI=1S/C19H20N4O2.ClH/c1-21(15-7-3-2-4-8-15)17(24)12-22-16-9-5-6-13-10-14(20)11-23(18(13)16)19(22)25;/h2-9,14H,10-12,20H2,1H3;1H. The number of rotatable bonds is 3. The molecular formula is C19H21ClN4O2. The second-order valence-electron chi connectivity index (χ2n) is 6.52. The van der Waals surface area contributed by atoms with Crippen molar-refractivity contribution in [3.05, 3.63) is 64.6 Å². The van der Waals surface area contributed by atoms with E-state index < -0.39 is 0 Å². The second-order valence-corrected chi connectivity index (χ2v) is 6.52. The Kier molecular flexibility index (Phi) is 4.89. The van der Waals surface area contributed by atoms with Crippen molar-refractivity contribution in [3.8, 4) is 0 Å². The average Bonchev–Trinajstić information content (AvgIpc) is 2.89. The maximum Gasteiger partial charge on any atom is 0.329 e. The van der Waals surface area contributed by atoms with Gasteiger partial charge >= 0.3 is 5.69 Å². The molecule has 1 aliphatic heterocycles. The lowest BCUT2D eigenvalue weighted by molar-refractivity contribution is -0.118. The van der Waals surface area contributed by atoms with Crippen LogP contribution in [-0.2, 0) is 24.3 Å². The average molecular weight is 373 g/mol. The Morgan fingerprint density at radius 1 is 1.19 bits per heavy atom. The van der Waals surface area contributed by atoms with Gasteiger partial charge in [0.1, 0.15) is 6.54 Å². The van der Waals surface area contributed by atoms with E-state index in [0.29, 0.717) is 6.54 Å². The summed E-state index contributed by atoms with van der Waals surface area (Å²) in [5, 5.41) is 0. The van der Waals surface area contributed by atoms with E-state index in [-0.39, 0.29) is 36.6 Å². The van der Waals surface area contributed by atoms with Crippen molar-refractivity contribution in [1.29, 1.82) is 0 Å². The van der Waals surface area contributed by atoms with Crippen LogP contribution in [0.15, 0.2) is 53.3 Å². The first-order valence-corrected chi connectivity index (χ1v) is 8.34. The molecule has 0 spiro atoms. The minimum Gasteiger partial charge on any atom is -0.326 e. The highest BCUT2D eigenvalue weighted by Gasteiger charge is 2.24. The van der Waals surface area contributed by atoms with Crippen molar-refractivity contribution in [2.45, 2.75) is 25.6 Å². The highest BCUT2D eigenvalue weighted by atomic mass is 35.5. The van der Waals surface area contributed by atoms with E-state index in [1.54, 1.807) is 21.1 Å². The van der Waals surface area contributed by atoms with Gasteiger partial charge in [-0.05, 0) is 30.2 Å². The summed E-state index contributed by atoms with van der Waals surface area (Å²) in [6.07, 6.45) is 0.749. The lowest BCUT2D eigenvalue weighted by atomic mass is 10.0. The van der Waals surface area contributed by atoms with Gasteiger partial charge in [-0.3, -0.25) is 13.9 Å². The van der Waals surface area contributed by atoms with Gasteiger partial charge in [0, 0.05) is 25.3 Å². The second kappa shape index (κ2) is 6.97. The highest BCUT2D eigenvalue weighted by molar-refractivity contribution is 5.93. The Labute approximate surface area is 157 Å². The van der Waals surface area contributed by atoms with Crippen LogP contribution in [0.3, 0.4) is 0 Å². The molecule has 0 radical (unpaired) electrons. The molecule has 26 heavy (non-hydrogen) atoms. The molecule has 0 bridgehead atoms. The van der Waals surface area contributed by atoms with Crippen LogP contribution in [0.4, 0.5) is 5.69 Å². The van der Waals surface area contributed by atoms with Crippen LogP contribution in [0.1, 0.15) is 5.56 Å².